The Morgan fingerprint density at radius 1 is 0.260 bits per heavy atom. The first-order valence-corrected chi connectivity index (χ1v) is 17.6. The molecule has 0 spiro atoms. The standard InChI is InChI=1S/2C15H11N3.2C5H4N.2Pt/c2*1-3-10-16-12(6-1)14-8-5-9-15(18-14)13-7-2-4-11-17-13;2*1-2-4-6-5-3-1;;/h2*1-11H;2*2-5H;;. The third-order valence-corrected chi connectivity index (χ3v) is 7.96. The molecule has 0 saturated heterocycles. The summed E-state index contributed by atoms with van der Waals surface area (Å²) in [6.45, 7) is 0. The van der Waals surface area contributed by atoms with E-state index >= 15 is 0 Å². The maximum atomic E-state index is 4.59. The van der Waals surface area contributed by atoms with Crippen molar-refractivity contribution in [3.05, 3.63) is 183 Å². The van der Waals surface area contributed by atoms with Crippen LogP contribution in [-0.4, -0.2) is 39.9 Å². The van der Waals surface area contributed by atoms with E-state index in [1.165, 1.54) is 7.91 Å². The van der Waals surface area contributed by atoms with Gasteiger partial charge in [-0.15, -0.1) is 0 Å². The van der Waals surface area contributed by atoms with E-state index in [4.69, 9.17) is 0 Å². The van der Waals surface area contributed by atoms with Gasteiger partial charge in [0.25, 0.3) is 0 Å². The molecule has 0 radical (unpaired) electrons. The van der Waals surface area contributed by atoms with Crippen molar-refractivity contribution in [2.24, 2.45) is 0 Å². The van der Waals surface area contributed by atoms with Crippen LogP contribution < -0.4 is 7.91 Å². The monoisotopic (exact) mass is 1010 g/mol. The summed E-state index contributed by atoms with van der Waals surface area (Å²) >= 11 is 4.45. The van der Waals surface area contributed by atoms with E-state index in [1.807, 2.05) is 133 Å². The number of rotatable bonds is 4. The molecule has 50 heavy (non-hydrogen) atoms. The van der Waals surface area contributed by atoms with Gasteiger partial charge >= 0.3 is 107 Å². The van der Waals surface area contributed by atoms with Crippen molar-refractivity contribution in [3.63, 3.8) is 0 Å². The Morgan fingerprint density at radius 2 is 0.520 bits per heavy atom. The SMILES string of the molecule is [Pt][c]1ccncc1.[Pt][c]1ccncc1.c1ccc(-c2cccc(-c3ccccn3)n2)nc1.c1ccc(-c2cccc(-c3ccccn3)n2)nc1. The van der Waals surface area contributed by atoms with Crippen molar-refractivity contribution in [1.82, 2.24) is 39.9 Å². The van der Waals surface area contributed by atoms with Gasteiger partial charge in [-0.2, -0.15) is 0 Å². The van der Waals surface area contributed by atoms with Crippen molar-refractivity contribution in [3.8, 4) is 45.6 Å². The predicted octanol–water partition coefficient (Wildman–Crippen LogP) is 6.92. The zero-order valence-electron chi connectivity index (χ0n) is 26.5. The Bertz CT molecular complexity index is 1850. The zero-order valence-corrected chi connectivity index (χ0v) is 31.1. The van der Waals surface area contributed by atoms with Gasteiger partial charge in [0.2, 0.25) is 0 Å². The fourth-order valence-corrected chi connectivity index (χ4v) is 4.82. The Kier molecular flexibility index (Phi) is 14.5. The summed E-state index contributed by atoms with van der Waals surface area (Å²) in [4.78, 5) is 34.1. The van der Waals surface area contributed by atoms with Crippen LogP contribution in [0.1, 0.15) is 0 Å². The zero-order chi connectivity index (χ0) is 34.6. The van der Waals surface area contributed by atoms with E-state index in [1.54, 1.807) is 49.6 Å². The van der Waals surface area contributed by atoms with Gasteiger partial charge in [0.1, 0.15) is 0 Å². The molecular formula is C40H30N8Pt2. The van der Waals surface area contributed by atoms with Gasteiger partial charge in [-0.1, -0.05) is 36.4 Å². The van der Waals surface area contributed by atoms with Crippen molar-refractivity contribution >= 4 is 7.91 Å². The minimum absolute atomic E-state index is 0.860. The van der Waals surface area contributed by atoms with Crippen LogP contribution in [-0.2, 0) is 39.6 Å². The number of aromatic nitrogens is 8. The van der Waals surface area contributed by atoms with Gasteiger partial charge < -0.3 is 0 Å². The molecule has 0 aliphatic rings. The summed E-state index contributed by atoms with van der Waals surface area (Å²) in [6.07, 6.45) is 14.2. The Hall–Kier alpha value is -5.42. The van der Waals surface area contributed by atoms with Gasteiger partial charge in [0.15, 0.2) is 0 Å². The quantitative estimate of drug-likeness (QED) is 0.188. The van der Waals surface area contributed by atoms with Crippen LogP contribution in [0.2, 0.25) is 0 Å². The maximum absolute atomic E-state index is 4.59. The molecule has 0 aliphatic heterocycles. The molecule has 8 rings (SSSR count). The first kappa shape index (κ1) is 35.9. The van der Waals surface area contributed by atoms with Gasteiger partial charge in [-0.05, 0) is 72.8 Å². The van der Waals surface area contributed by atoms with E-state index in [0.717, 1.165) is 45.6 Å². The number of hydrogen-bond donors (Lipinski definition) is 0. The first-order chi connectivity index (χ1) is 24.7. The molecule has 250 valence electrons. The van der Waals surface area contributed by atoms with Crippen molar-refractivity contribution < 1.29 is 39.6 Å². The molecule has 8 aromatic heterocycles. The third-order valence-electron chi connectivity index (χ3n) is 6.45. The predicted molar refractivity (Wildman–Crippen MR) is 189 cm³/mol. The second-order valence-electron chi connectivity index (χ2n) is 9.94. The summed E-state index contributed by atoms with van der Waals surface area (Å²) in [7, 11) is 0. The summed E-state index contributed by atoms with van der Waals surface area (Å²) in [6, 6.07) is 42.8. The molecule has 8 nitrogen and oxygen atoms in total. The fraction of sp³-hybridized carbons (Fsp3) is 0. The smallest absolute Gasteiger partial charge is 0.0894 e. The Balaban J connectivity index is 0.000000142. The largest absolute Gasteiger partial charge is 0.255 e. The second-order valence-corrected chi connectivity index (χ2v) is 12.6. The Labute approximate surface area is 314 Å². The van der Waals surface area contributed by atoms with E-state index < -0.39 is 0 Å². The molecule has 0 bridgehead atoms. The second kappa shape index (κ2) is 20.2. The minimum atomic E-state index is 0.860. The molecule has 0 unspecified atom stereocenters. The molecule has 0 fully saturated rings. The van der Waals surface area contributed by atoms with Crippen LogP contribution in [0.4, 0.5) is 0 Å². The summed E-state index contributed by atoms with van der Waals surface area (Å²) in [5.41, 5.74) is 6.92. The van der Waals surface area contributed by atoms with Gasteiger partial charge in [0.05, 0.1) is 45.6 Å². The maximum Gasteiger partial charge on any atom is 0.0894 e. The topological polar surface area (TPSA) is 103 Å². The average Bonchev–Trinajstić information content (AvgIpc) is 3.21. The molecule has 10 heteroatoms. The van der Waals surface area contributed by atoms with E-state index in [2.05, 4.69) is 79.5 Å². The molecular weight excluding hydrogens is 983 g/mol. The fourth-order valence-electron chi connectivity index (χ4n) is 4.15. The molecule has 8 aromatic rings. The number of nitrogens with zero attached hydrogens (tertiary/aromatic N) is 8. The van der Waals surface area contributed by atoms with Crippen LogP contribution >= 0.6 is 0 Å². The summed E-state index contributed by atoms with van der Waals surface area (Å²) in [5, 5.41) is 0. The van der Waals surface area contributed by atoms with Crippen molar-refractivity contribution in [1.29, 1.82) is 0 Å². The normalized spacial score (nSPS) is 9.84. The van der Waals surface area contributed by atoms with Crippen LogP contribution in [0, 0.1) is 0 Å². The van der Waals surface area contributed by atoms with Crippen molar-refractivity contribution in [2.45, 2.75) is 0 Å². The molecule has 0 amide bonds. The van der Waals surface area contributed by atoms with Gasteiger partial charge in [-0.3, -0.25) is 19.9 Å². The van der Waals surface area contributed by atoms with Gasteiger partial charge in [0, 0.05) is 24.8 Å². The minimum Gasteiger partial charge on any atom is -0.255 e. The molecule has 0 aliphatic carbocycles. The summed E-state index contributed by atoms with van der Waals surface area (Å²) in [5.74, 6) is 0. The van der Waals surface area contributed by atoms with E-state index in [0.29, 0.717) is 0 Å². The van der Waals surface area contributed by atoms with E-state index in [9.17, 15) is 0 Å². The van der Waals surface area contributed by atoms with E-state index in [-0.39, 0.29) is 0 Å². The number of pyridine rings is 8. The van der Waals surface area contributed by atoms with Gasteiger partial charge in [-0.25, -0.2) is 9.97 Å². The summed E-state index contributed by atoms with van der Waals surface area (Å²) < 4.78 is 2.46. The molecule has 0 saturated carbocycles. The van der Waals surface area contributed by atoms with Crippen LogP contribution in [0.3, 0.4) is 0 Å². The number of hydrogen-bond acceptors (Lipinski definition) is 8. The third kappa shape index (κ3) is 11.9. The van der Waals surface area contributed by atoms with Crippen LogP contribution in [0.25, 0.3) is 45.6 Å². The van der Waals surface area contributed by atoms with Crippen LogP contribution in [0.5, 0.6) is 0 Å². The molecule has 0 atom stereocenters. The first-order valence-electron chi connectivity index (χ1n) is 15.3. The Morgan fingerprint density at radius 3 is 0.720 bits per heavy atom. The van der Waals surface area contributed by atoms with Crippen LogP contribution in [0.15, 0.2) is 183 Å². The molecule has 0 N–H and O–H groups in total. The average molecular weight is 1010 g/mol. The molecule has 8 heterocycles. The molecule has 0 aromatic carbocycles. The van der Waals surface area contributed by atoms with Crippen molar-refractivity contribution in [2.75, 3.05) is 0 Å².